The highest BCUT2D eigenvalue weighted by molar-refractivity contribution is 7.98. The minimum Gasteiger partial charge on any atom is -0.320 e. The predicted octanol–water partition coefficient (Wildman–Crippen LogP) is 1.42. The first kappa shape index (κ1) is 17.1. The van der Waals surface area contributed by atoms with Crippen molar-refractivity contribution < 1.29 is 8.42 Å². The second-order valence-electron chi connectivity index (χ2n) is 4.31. The molecule has 0 saturated heterocycles. The first-order valence-electron chi connectivity index (χ1n) is 6.30. The molecule has 0 aliphatic rings. The SMILES string of the molecule is CSCCC(C)NS(=O)(=O)c1ccccc1C#CCN. The fourth-order valence-corrected chi connectivity index (χ4v) is 3.66. The molecular formula is C14H20N2O2S2. The van der Waals surface area contributed by atoms with E-state index in [0.29, 0.717) is 5.56 Å². The standard InChI is InChI=1S/C14H20N2O2S2/c1-12(9-11-19-2)16-20(17,18)14-8-4-3-6-13(14)7-5-10-15/h3-4,6,8,12,16H,9-11,15H2,1-2H3. The highest BCUT2D eigenvalue weighted by Crippen LogP contribution is 2.15. The molecule has 0 aliphatic heterocycles. The number of benzene rings is 1. The number of rotatable bonds is 6. The van der Waals surface area contributed by atoms with Gasteiger partial charge in [0.15, 0.2) is 0 Å². The topological polar surface area (TPSA) is 72.2 Å². The van der Waals surface area contributed by atoms with Crippen LogP contribution in [0.2, 0.25) is 0 Å². The second kappa shape index (κ2) is 8.32. The molecular weight excluding hydrogens is 292 g/mol. The third-order valence-corrected chi connectivity index (χ3v) is 4.90. The Morgan fingerprint density at radius 3 is 2.75 bits per heavy atom. The van der Waals surface area contributed by atoms with Crippen LogP contribution in [0.3, 0.4) is 0 Å². The van der Waals surface area contributed by atoms with E-state index in [2.05, 4.69) is 16.6 Å². The van der Waals surface area contributed by atoms with Gasteiger partial charge in [-0.05, 0) is 37.5 Å². The lowest BCUT2D eigenvalue weighted by Gasteiger charge is -2.14. The zero-order valence-electron chi connectivity index (χ0n) is 11.7. The molecule has 0 aromatic heterocycles. The quantitative estimate of drug-likeness (QED) is 0.779. The molecule has 4 nitrogen and oxygen atoms in total. The molecule has 0 spiro atoms. The van der Waals surface area contributed by atoms with Gasteiger partial charge in [0.25, 0.3) is 0 Å². The zero-order chi connectivity index (χ0) is 15.0. The third-order valence-electron chi connectivity index (χ3n) is 2.61. The van der Waals surface area contributed by atoms with Crippen LogP contribution < -0.4 is 10.5 Å². The molecule has 1 aromatic rings. The number of hydrogen-bond donors (Lipinski definition) is 2. The second-order valence-corrected chi connectivity index (χ2v) is 6.97. The zero-order valence-corrected chi connectivity index (χ0v) is 13.4. The molecule has 0 aliphatic carbocycles. The van der Waals surface area contributed by atoms with Crippen LogP contribution in [0.15, 0.2) is 29.2 Å². The summed E-state index contributed by atoms with van der Waals surface area (Å²) in [6.07, 6.45) is 2.79. The molecule has 6 heteroatoms. The Morgan fingerprint density at radius 2 is 2.10 bits per heavy atom. The van der Waals surface area contributed by atoms with Crippen LogP contribution in [0.5, 0.6) is 0 Å². The predicted molar refractivity (Wildman–Crippen MR) is 85.2 cm³/mol. The molecule has 1 atom stereocenters. The lowest BCUT2D eigenvalue weighted by molar-refractivity contribution is 0.557. The van der Waals surface area contributed by atoms with Gasteiger partial charge in [-0.15, -0.1) is 0 Å². The van der Waals surface area contributed by atoms with Crippen molar-refractivity contribution in [2.24, 2.45) is 5.73 Å². The summed E-state index contributed by atoms with van der Waals surface area (Å²) in [6.45, 7) is 2.06. The molecule has 3 N–H and O–H groups in total. The summed E-state index contributed by atoms with van der Waals surface area (Å²) in [4.78, 5) is 0.206. The van der Waals surface area contributed by atoms with Crippen LogP contribution in [0.25, 0.3) is 0 Å². The van der Waals surface area contributed by atoms with Crippen molar-refractivity contribution in [1.29, 1.82) is 0 Å². The fourth-order valence-electron chi connectivity index (χ4n) is 1.63. The van der Waals surface area contributed by atoms with Crippen molar-refractivity contribution >= 4 is 21.8 Å². The van der Waals surface area contributed by atoms with E-state index < -0.39 is 10.0 Å². The van der Waals surface area contributed by atoms with Crippen LogP contribution in [-0.4, -0.2) is 33.0 Å². The smallest absolute Gasteiger partial charge is 0.242 e. The third kappa shape index (κ3) is 5.17. The van der Waals surface area contributed by atoms with Crippen LogP contribution >= 0.6 is 11.8 Å². The fraction of sp³-hybridized carbons (Fsp3) is 0.429. The van der Waals surface area contributed by atoms with Crippen molar-refractivity contribution in [3.8, 4) is 11.8 Å². The molecule has 0 fully saturated rings. The summed E-state index contributed by atoms with van der Waals surface area (Å²) >= 11 is 1.69. The van der Waals surface area contributed by atoms with E-state index in [1.807, 2.05) is 13.2 Å². The number of nitrogens with one attached hydrogen (secondary N) is 1. The van der Waals surface area contributed by atoms with Crippen molar-refractivity contribution in [2.75, 3.05) is 18.6 Å². The first-order chi connectivity index (χ1) is 9.51. The Hall–Kier alpha value is -1.00. The Morgan fingerprint density at radius 1 is 1.40 bits per heavy atom. The van der Waals surface area contributed by atoms with Gasteiger partial charge in [0.1, 0.15) is 0 Å². The van der Waals surface area contributed by atoms with Gasteiger partial charge in [-0.25, -0.2) is 13.1 Å². The average molecular weight is 312 g/mol. The van der Waals surface area contributed by atoms with Crippen molar-refractivity contribution in [1.82, 2.24) is 4.72 Å². The van der Waals surface area contributed by atoms with Crippen molar-refractivity contribution in [3.63, 3.8) is 0 Å². The maximum absolute atomic E-state index is 12.4. The summed E-state index contributed by atoms with van der Waals surface area (Å²) in [5.74, 6) is 6.40. The summed E-state index contributed by atoms with van der Waals surface area (Å²) in [5.41, 5.74) is 5.80. The number of nitrogens with two attached hydrogens (primary N) is 1. The summed E-state index contributed by atoms with van der Waals surface area (Å²) in [7, 11) is -3.55. The Balaban J connectivity index is 2.98. The summed E-state index contributed by atoms with van der Waals surface area (Å²) < 4.78 is 27.4. The Kier molecular flexibility index (Phi) is 7.10. The van der Waals surface area contributed by atoms with E-state index in [-0.39, 0.29) is 17.5 Å². The van der Waals surface area contributed by atoms with E-state index >= 15 is 0 Å². The van der Waals surface area contributed by atoms with Gasteiger partial charge >= 0.3 is 0 Å². The van der Waals surface area contributed by atoms with Gasteiger partial charge in [0.2, 0.25) is 10.0 Å². The van der Waals surface area contributed by atoms with Crippen molar-refractivity contribution in [3.05, 3.63) is 29.8 Å². The molecule has 0 amide bonds. The molecule has 0 radical (unpaired) electrons. The number of sulfonamides is 1. The maximum Gasteiger partial charge on any atom is 0.242 e. The first-order valence-corrected chi connectivity index (χ1v) is 9.18. The maximum atomic E-state index is 12.4. The largest absolute Gasteiger partial charge is 0.320 e. The summed E-state index contributed by atoms with van der Waals surface area (Å²) in [5, 5.41) is 0. The number of hydrogen-bond acceptors (Lipinski definition) is 4. The summed E-state index contributed by atoms with van der Waals surface area (Å²) in [6, 6.07) is 6.59. The van der Waals surface area contributed by atoms with E-state index in [1.54, 1.807) is 36.0 Å². The minimum absolute atomic E-state index is 0.108. The highest BCUT2D eigenvalue weighted by atomic mass is 32.2. The van der Waals surface area contributed by atoms with Crippen LogP contribution in [-0.2, 0) is 10.0 Å². The Bertz CT molecular complexity index is 589. The molecule has 1 aromatic carbocycles. The van der Waals surface area contributed by atoms with E-state index in [0.717, 1.165) is 12.2 Å². The molecule has 0 heterocycles. The molecule has 1 unspecified atom stereocenters. The monoisotopic (exact) mass is 312 g/mol. The number of thioether (sulfide) groups is 1. The highest BCUT2D eigenvalue weighted by Gasteiger charge is 2.19. The van der Waals surface area contributed by atoms with Crippen LogP contribution in [0.1, 0.15) is 18.9 Å². The van der Waals surface area contributed by atoms with Gasteiger partial charge in [-0.1, -0.05) is 24.0 Å². The van der Waals surface area contributed by atoms with Gasteiger partial charge in [-0.2, -0.15) is 11.8 Å². The molecule has 1 rings (SSSR count). The van der Waals surface area contributed by atoms with E-state index in [9.17, 15) is 8.42 Å². The lowest BCUT2D eigenvalue weighted by atomic mass is 10.2. The van der Waals surface area contributed by atoms with Gasteiger partial charge in [-0.3, -0.25) is 0 Å². The normalized spacial score (nSPS) is 12.6. The minimum atomic E-state index is -3.55. The average Bonchev–Trinajstić information content (AvgIpc) is 2.42. The molecule has 110 valence electrons. The molecule has 0 bridgehead atoms. The molecule has 0 saturated carbocycles. The Labute approximate surface area is 125 Å². The van der Waals surface area contributed by atoms with Crippen molar-refractivity contribution in [2.45, 2.75) is 24.3 Å². The van der Waals surface area contributed by atoms with E-state index in [1.165, 1.54) is 0 Å². The lowest BCUT2D eigenvalue weighted by Crippen LogP contribution is -2.33. The molecule has 20 heavy (non-hydrogen) atoms. The van der Waals surface area contributed by atoms with Gasteiger partial charge in [0, 0.05) is 11.6 Å². The van der Waals surface area contributed by atoms with Crippen LogP contribution in [0, 0.1) is 11.8 Å². The van der Waals surface area contributed by atoms with Gasteiger partial charge in [0.05, 0.1) is 11.4 Å². The van der Waals surface area contributed by atoms with Gasteiger partial charge < -0.3 is 5.73 Å². The van der Waals surface area contributed by atoms with E-state index in [4.69, 9.17) is 5.73 Å². The van der Waals surface area contributed by atoms with Crippen LogP contribution in [0.4, 0.5) is 0 Å².